The third-order valence-electron chi connectivity index (χ3n) is 2.52. The van der Waals surface area contributed by atoms with E-state index in [1.54, 1.807) is 36.4 Å². The molecule has 0 aromatic heterocycles. The smallest absolute Gasteiger partial charge is 0.343 e. The topological polar surface area (TPSA) is 26.3 Å². The Labute approximate surface area is 114 Å². The normalized spacial score (nSPS) is 11.3. The molecule has 0 spiro atoms. The Morgan fingerprint density at radius 2 is 1.89 bits per heavy atom. The minimum absolute atomic E-state index is 0.401. The minimum atomic E-state index is -0.423. The van der Waals surface area contributed by atoms with Gasteiger partial charge in [0.15, 0.2) is 0 Å². The van der Waals surface area contributed by atoms with E-state index in [-0.39, 0.29) is 0 Å². The highest BCUT2D eigenvalue weighted by atomic mass is 16.5. The lowest BCUT2D eigenvalue weighted by Crippen LogP contribution is -2.09. The molecular formula is C17H18O2. The van der Waals surface area contributed by atoms with Crippen LogP contribution in [-0.2, 0) is 11.2 Å². The Balaban J connectivity index is 2.76. The van der Waals surface area contributed by atoms with Gasteiger partial charge in [-0.1, -0.05) is 56.5 Å². The second kappa shape index (κ2) is 7.88. The van der Waals surface area contributed by atoms with Crippen LogP contribution in [-0.4, -0.2) is 5.97 Å². The zero-order valence-corrected chi connectivity index (χ0v) is 11.1. The first-order valence-corrected chi connectivity index (χ1v) is 6.14. The summed E-state index contributed by atoms with van der Waals surface area (Å²) in [5.41, 5.74) is 1.60. The summed E-state index contributed by atoms with van der Waals surface area (Å²) in [4.78, 5) is 11.9. The number of carbonyl (C=O) groups excluding carboxylic acids is 1. The lowest BCUT2D eigenvalue weighted by Gasteiger charge is -2.05. The fourth-order valence-corrected chi connectivity index (χ4v) is 1.42. The molecule has 0 bridgehead atoms. The average molecular weight is 254 g/mol. The molecular weight excluding hydrogens is 236 g/mol. The second-order valence-corrected chi connectivity index (χ2v) is 3.83. The van der Waals surface area contributed by atoms with Crippen LogP contribution in [0, 0.1) is 0 Å². The van der Waals surface area contributed by atoms with Gasteiger partial charge in [-0.3, -0.25) is 0 Å². The van der Waals surface area contributed by atoms with Gasteiger partial charge in [-0.25, -0.2) is 4.79 Å². The van der Waals surface area contributed by atoms with Gasteiger partial charge in [0.05, 0.1) is 5.57 Å². The Morgan fingerprint density at radius 3 is 2.42 bits per heavy atom. The average Bonchev–Trinajstić information content (AvgIpc) is 2.44. The molecule has 0 saturated carbocycles. The fraction of sp³-hybridized carbons (Fsp3) is 0.118. The number of rotatable bonds is 6. The van der Waals surface area contributed by atoms with Crippen LogP contribution in [0.1, 0.15) is 12.5 Å². The van der Waals surface area contributed by atoms with Crippen LogP contribution >= 0.6 is 0 Å². The highest BCUT2D eigenvalue weighted by Gasteiger charge is 2.07. The van der Waals surface area contributed by atoms with E-state index in [2.05, 4.69) is 20.1 Å². The van der Waals surface area contributed by atoms with Crippen molar-refractivity contribution in [2.75, 3.05) is 0 Å². The Morgan fingerprint density at radius 1 is 1.21 bits per heavy atom. The number of esters is 1. The summed E-state index contributed by atoms with van der Waals surface area (Å²) >= 11 is 0. The van der Waals surface area contributed by atoms with Crippen molar-refractivity contribution in [2.45, 2.75) is 13.3 Å². The lowest BCUT2D eigenvalue weighted by atomic mass is 10.2. The molecule has 1 aromatic carbocycles. The summed E-state index contributed by atoms with van der Waals surface area (Å²) in [6.45, 7) is 9.23. The number of ether oxygens (including phenoxy) is 1. The summed E-state index contributed by atoms with van der Waals surface area (Å²) in [5, 5.41) is 0. The van der Waals surface area contributed by atoms with Gasteiger partial charge in [0.2, 0.25) is 0 Å². The van der Waals surface area contributed by atoms with E-state index >= 15 is 0 Å². The summed E-state index contributed by atoms with van der Waals surface area (Å²) in [6.07, 6.45) is 9.14. The van der Waals surface area contributed by atoms with Crippen molar-refractivity contribution >= 4 is 5.97 Å². The molecule has 0 aliphatic carbocycles. The van der Waals surface area contributed by atoms with Gasteiger partial charge in [-0.2, -0.15) is 0 Å². The van der Waals surface area contributed by atoms with Crippen molar-refractivity contribution in [3.63, 3.8) is 0 Å². The molecule has 1 aromatic rings. The molecule has 0 saturated heterocycles. The molecule has 98 valence electrons. The second-order valence-electron chi connectivity index (χ2n) is 3.83. The van der Waals surface area contributed by atoms with Crippen LogP contribution in [0.5, 0.6) is 5.75 Å². The molecule has 0 aliphatic heterocycles. The monoisotopic (exact) mass is 254 g/mol. The van der Waals surface area contributed by atoms with Crippen LogP contribution in [0.3, 0.4) is 0 Å². The van der Waals surface area contributed by atoms with E-state index in [0.29, 0.717) is 11.3 Å². The van der Waals surface area contributed by atoms with Crippen molar-refractivity contribution in [1.29, 1.82) is 0 Å². The predicted molar refractivity (Wildman–Crippen MR) is 79.1 cm³/mol. The SMILES string of the molecule is C=C/C=C\C=C(/C=C)C(=O)Oc1ccc(CC)cc1. The zero-order chi connectivity index (χ0) is 14.1. The van der Waals surface area contributed by atoms with Crippen molar-refractivity contribution in [1.82, 2.24) is 0 Å². The third kappa shape index (κ3) is 4.80. The maximum Gasteiger partial charge on any atom is 0.343 e. The number of allylic oxidation sites excluding steroid dienone is 4. The number of carbonyl (C=O) groups is 1. The van der Waals surface area contributed by atoms with E-state index < -0.39 is 5.97 Å². The van der Waals surface area contributed by atoms with Crippen LogP contribution in [0.4, 0.5) is 0 Å². The molecule has 0 atom stereocenters. The molecule has 0 amide bonds. The minimum Gasteiger partial charge on any atom is -0.423 e. The van der Waals surface area contributed by atoms with Gasteiger partial charge in [0.1, 0.15) is 5.75 Å². The number of aryl methyl sites for hydroxylation is 1. The van der Waals surface area contributed by atoms with Crippen LogP contribution in [0.2, 0.25) is 0 Å². The Bertz CT molecular complexity index is 505. The first kappa shape index (κ1) is 14.7. The summed E-state index contributed by atoms with van der Waals surface area (Å²) < 4.78 is 5.26. The van der Waals surface area contributed by atoms with E-state index in [1.165, 1.54) is 11.6 Å². The first-order chi connectivity index (χ1) is 9.21. The van der Waals surface area contributed by atoms with Crippen LogP contribution in [0.15, 0.2) is 73.4 Å². The van der Waals surface area contributed by atoms with E-state index in [0.717, 1.165) is 6.42 Å². The van der Waals surface area contributed by atoms with E-state index in [4.69, 9.17) is 4.74 Å². The van der Waals surface area contributed by atoms with E-state index in [1.807, 2.05) is 12.1 Å². The molecule has 0 unspecified atom stereocenters. The predicted octanol–water partition coefficient (Wildman–Crippen LogP) is 4.01. The fourth-order valence-electron chi connectivity index (χ4n) is 1.42. The van der Waals surface area contributed by atoms with Gasteiger partial charge in [0, 0.05) is 0 Å². The number of benzene rings is 1. The highest BCUT2D eigenvalue weighted by molar-refractivity contribution is 5.93. The Hall–Kier alpha value is -2.35. The zero-order valence-electron chi connectivity index (χ0n) is 11.1. The standard InChI is InChI=1S/C17H18O2/c1-4-7-8-9-15(6-3)17(18)19-16-12-10-14(5-2)11-13-16/h4,6-13H,1,3,5H2,2H3/b8-7-,15-9+. The molecule has 2 nitrogen and oxygen atoms in total. The maximum absolute atomic E-state index is 11.9. The molecule has 0 fully saturated rings. The summed E-state index contributed by atoms with van der Waals surface area (Å²) in [7, 11) is 0. The molecule has 0 aliphatic rings. The molecule has 0 radical (unpaired) electrons. The Kier molecular flexibility index (Phi) is 6.10. The number of hydrogen-bond acceptors (Lipinski definition) is 2. The first-order valence-electron chi connectivity index (χ1n) is 6.14. The van der Waals surface area contributed by atoms with Gasteiger partial charge in [-0.15, -0.1) is 0 Å². The molecule has 2 heteroatoms. The van der Waals surface area contributed by atoms with Gasteiger partial charge in [0.25, 0.3) is 0 Å². The van der Waals surface area contributed by atoms with Crippen molar-refractivity contribution in [2.24, 2.45) is 0 Å². The van der Waals surface area contributed by atoms with Crippen molar-refractivity contribution < 1.29 is 9.53 Å². The van der Waals surface area contributed by atoms with Crippen LogP contribution in [0.25, 0.3) is 0 Å². The highest BCUT2D eigenvalue weighted by Crippen LogP contribution is 2.14. The quantitative estimate of drug-likeness (QED) is 0.332. The molecule has 1 rings (SSSR count). The summed E-state index contributed by atoms with van der Waals surface area (Å²) in [5.74, 6) is 0.107. The number of hydrogen-bond donors (Lipinski definition) is 0. The summed E-state index contributed by atoms with van der Waals surface area (Å²) in [6, 6.07) is 7.46. The van der Waals surface area contributed by atoms with Gasteiger partial charge >= 0.3 is 5.97 Å². The van der Waals surface area contributed by atoms with Crippen molar-refractivity contribution in [3.05, 3.63) is 78.9 Å². The molecule has 19 heavy (non-hydrogen) atoms. The third-order valence-corrected chi connectivity index (χ3v) is 2.52. The van der Waals surface area contributed by atoms with Crippen molar-refractivity contribution in [3.8, 4) is 5.75 Å². The van der Waals surface area contributed by atoms with Gasteiger partial charge in [-0.05, 0) is 30.2 Å². The maximum atomic E-state index is 11.9. The molecule has 0 N–H and O–H groups in total. The van der Waals surface area contributed by atoms with Crippen LogP contribution < -0.4 is 4.74 Å². The largest absolute Gasteiger partial charge is 0.423 e. The lowest BCUT2D eigenvalue weighted by molar-refractivity contribution is -0.129. The molecule has 0 heterocycles. The van der Waals surface area contributed by atoms with E-state index in [9.17, 15) is 4.79 Å². The van der Waals surface area contributed by atoms with Gasteiger partial charge < -0.3 is 4.74 Å².